The predicted molar refractivity (Wildman–Crippen MR) is 92.2 cm³/mol. The van der Waals surface area contributed by atoms with Crippen LogP contribution >= 0.6 is 35.6 Å². The molecular weight excluding hydrogens is 343 g/mol. The molecule has 0 atom stereocenters. The van der Waals surface area contributed by atoms with Crippen LogP contribution in [0, 0.1) is 6.92 Å². The van der Waals surface area contributed by atoms with E-state index in [0.717, 1.165) is 5.56 Å². The molecule has 0 spiro atoms. The van der Waals surface area contributed by atoms with Gasteiger partial charge in [-0.05, 0) is 48.4 Å². The number of aryl methyl sites for hydroxylation is 1. The van der Waals surface area contributed by atoms with E-state index in [2.05, 4.69) is 9.97 Å². The van der Waals surface area contributed by atoms with E-state index in [-0.39, 0.29) is 12.4 Å². The molecule has 0 N–H and O–H groups in total. The first-order valence-corrected chi connectivity index (χ1v) is 7.04. The Morgan fingerprint density at radius 1 is 1.14 bits per heavy atom. The van der Waals surface area contributed by atoms with Crippen molar-refractivity contribution in [3.63, 3.8) is 0 Å². The lowest BCUT2D eigenvalue weighted by molar-refractivity contribution is 0.108. The summed E-state index contributed by atoms with van der Waals surface area (Å²) in [6.07, 6.45) is 1.67. The van der Waals surface area contributed by atoms with Gasteiger partial charge in [0, 0.05) is 22.2 Å². The molecule has 22 heavy (non-hydrogen) atoms. The Morgan fingerprint density at radius 3 is 2.55 bits per heavy atom. The largest absolute Gasteiger partial charge is 0.276 e. The van der Waals surface area contributed by atoms with Crippen LogP contribution in [0.15, 0.2) is 42.6 Å². The molecule has 3 rings (SSSR count). The number of halogens is 3. The van der Waals surface area contributed by atoms with E-state index in [9.17, 15) is 4.79 Å². The molecule has 0 bridgehead atoms. The van der Waals surface area contributed by atoms with Gasteiger partial charge >= 0.3 is 0 Å². The maximum atomic E-state index is 11.7. The Labute approximate surface area is 143 Å². The summed E-state index contributed by atoms with van der Waals surface area (Å²) in [7, 11) is 0. The molecule has 0 saturated carbocycles. The van der Waals surface area contributed by atoms with E-state index in [4.69, 9.17) is 23.2 Å². The molecule has 0 aliphatic heterocycles. The lowest BCUT2D eigenvalue weighted by atomic mass is 10.0. The smallest absolute Gasteiger partial charge is 0.253 e. The maximum absolute atomic E-state index is 11.7. The monoisotopic (exact) mass is 352 g/mol. The molecule has 0 fully saturated rings. The number of aromatic nitrogens is 2. The first-order chi connectivity index (χ1) is 10.1. The third kappa shape index (κ3) is 2.93. The molecule has 0 radical (unpaired) electrons. The highest BCUT2D eigenvalue weighted by Gasteiger charge is 2.15. The van der Waals surface area contributed by atoms with Crippen LogP contribution in [0.1, 0.15) is 15.9 Å². The molecule has 0 aliphatic rings. The maximum Gasteiger partial charge on any atom is 0.253 e. The van der Waals surface area contributed by atoms with Gasteiger partial charge in [-0.15, -0.1) is 12.4 Å². The lowest BCUT2D eigenvalue weighted by Crippen LogP contribution is -1.98. The van der Waals surface area contributed by atoms with E-state index < -0.39 is 5.24 Å². The summed E-state index contributed by atoms with van der Waals surface area (Å²) < 4.78 is 0. The van der Waals surface area contributed by atoms with Crippen LogP contribution < -0.4 is 0 Å². The number of nitrogens with zero attached hydrogens (tertiary/aromatic N) is 2. The second-order valence-corrected chi connectivity index (χ2v) is 5.36. The van der Waals surface area contributed by atoms with E-state index in [1.807, 2.05) is 25.1 Å². The van der Waals surface area contributed by atoms with E-state index in [0.29, 0.717) is 32.9 Å². The molecule has 0 saturated heterocycles. The number of carbonyl (C=O) groups excluding carboxylic acids is 1. The summed E-state index contributed by atoms with van der Waals surface area (Å²) in [6.45, 7) is 1.86. The highest BCUT2D eigenvalue weighted by atomic mass is 35.5. The quantitative estimate of drug-likeness (QED) is 0.605. The van der Waals surface area contributed by atoms with E-state index in [1.54, 1.807) is 24.4 Å². The van der Waals surface area contributed by atoms with Crippen LogP contribution in [-0.2, 0) is 0 Å². The van der Waals surface area contributed by atoms with Gasteiger partial charge in [0.05, 0.1) is 16.9 Å². The van der Waals surface area contributed by atoms with Gasteiger partial charge in [0.15, 0.2) is 0 Å². The zero-order valence-electron chi connectivity index (χ0n) is 11.5. The molecule has 3 aromatic rings. The van der Waals surface area contributed by atoms with Crippen LogP contribution in [0.5, 0.6) is 0 Å². The molecule has 2 heterocycles. The van der Waals surface area contributed by atoms with Gasteiger partial charge in [-0.2, -0.15) is 0 Å². The van der Waals surface area contributed by atoms with E-state index in [1.165, 1.54) is 0 Å². The van der Waals surface area contributed by atoms with Gasteiger partial charge in [0.2, 0.25) is 0 Å². The van der Waals surface area contributed by atoms with E-state index >= 15 is 0 Å². The average molecular weight is 354 g/mol. The average Bonchev–Trinajstić information content (AvgIpc) is 2.51. The highest BCUT2D eigenvalue weighted by Crippen LogP contribution is 2.30. The van der Waals surface area contributed by atoms with Crippen LogP contribution in [0.4, 0.5) is 0 Å². The lowest BCUT2D eigenvalue weighted by Gasteiger charge is -2.09. The van der Waals surface area contributed by atoms with Crippen molar-refractivity contribution in [2.45, 2.75) is 6.92 Å². The summed E-state index contributed by atoms with van der Waals surface area (Å²) >= 11 is 11.9. The van der Waals surface area contributed by atoms with Crippen molar-refractivity contribution >= 4 is 51.8 Å². The zero-order chi connectivity index (χ0) is 15.0. The first-order valence-electron chi connectivity index (χ1n) is 6.29. The number of benzene rings is 1. The molecule has 3 nitrogen and oxygen atoms in total. The second kappa shape index (κ2) is 6.61. The summed E-state index contributed by atoms with van der Waals surface area (Å²) in [5.41, 5.74) is 3.15. The molecule has 0 aliphatic carbocycles. The molecule has 0 amide bonds. The molecule has 2 aromatic heterocycles. The molecule has 6 heteroatoms. The molecule has 0 unspecified atom stereocenters. The van der Waals surface area contributed by atoms with Crippen LogP contribution in [-0.4, -0.2) is 15.2 Å². The minimum absolute atomic E-state index is 0. The van der Waals surface area contributed by atoms with Gasteiger partial charge in [-0.1, -0.05) is 23.7 Å². The molecular formula is C16H11Cl3N2O. The SMILES string of the molecule is Cc1c(Cl)ccc2c(C(=O)Cl)cc(-c3ccccn3)nc12.Cl. The number of rotatable bonds is 2. The summed E-state index contributed by atoms with van der Waals surface area (Å²) in [5.74, 6) is 0. The normalized spacial score (nSPS) is 10.3. The molecule has 112 valence electrons. The standard InChI is InChI=1S/C16H10Cl2N2O.ClH/c1-9-12(17)6-5-10-11(16(18)21)8-14(20-15(9)10)13-4-2-3-7-19-13;/h2-8H,1H3;1H. The third-order valence-corrected chi connectivity index (χ3v) is 3.92. The Hall–Kier alpha value is -1.68. The fourth-order valence-corrected chi connectivity index (χ4v) is 2.52. The van der Waals surface area contributed by atoms with Crippen molar-refractivity contribution in [1.82, 2.24) is 9.97 Å². The van der Waals surface area contributed by atoms with Crippen LogP contribution in [0.3, 0.4) is 0 Å². The Bertz CT molecular complexity index is 851. The van der Waals surface area contributed by atoms with Crippen LogP contribution in [0.2, 0.25) is 5.02 Å². The highest BCUT2D eigenvalue weighted by molar-refractivity contribution is 6.68. The molecule has 1 aromatic carbocycles. The summed E-state index contributed by atoms with van der Waals surface area (Å²) in [6, 6.07) is 10.7. The van der Waals surface area contributed by atoms with Gasteiger partial charge < -0.3 is 0 Å². The van der Waals surface area contributed by atoms with Crippen molar-refractivity contribution < 1.29 is 4.79 Å². The summed E-state index contributed by atoms with van der Waals surface area (Å²) in [4.78, 5) is 20.6. The Morgan fingerprint density at radius 2 is 1.91 bits per heavy atom. The fraction of sp³-hybridized carbons (Fsp3) is 0.0625. The van der Waals surface area contributed by atoms with Crippen LogP contribution in [0.25, 0.3) is 22.3 Å². The van der Waals surface area contributed by atoms with Gasteiger partial charge in [0.1, 0.15) is 0 Å². The van der Waals surface area contributed by atoms with Crippen molar-refractivity contribution in [3.8, 4) is 11.4 Å². The number of hydrogen-bond acceptors (Lipinski definition) is 3. The minimum atomic E-state index is -0.527. The number of pyridine rings is 2. The van der Waals surface area contributed by atoms with Gasteiger partial charge in [0.25, 0.3) is 5.24 Å². The van der Waals surface area contributed by atoms with Crippen molar-refractivity contribution in [1.29, 1.82) is 0 Å². The van der Waals surface area contributed by atoms with Gasteiger partial charge in [-0.25, -0.2) is 4.98 Å². The predicted octanol–water partition coefficient (Wildman–Crippen LogP) is 5.06. The fourth-order valence-electron chi connectivity index (χ4n) is 2.21. The Balaban J connectivity index is 0.00000176. The topological polar surface area (TPSA) is 42.9 Å². The van der Waals surface area contributed by atoms with Crippen molar-refractivity contribution in [3.05, 3.63) is 58.7 Å². The number of hydrogen-bond donors (Lipinski definition) is 0. The van der Waals surface area contributed by atoms with Gasteiger partial charge in [-0.3, -0.25) is 9.78 Å². The number of carbonyl (C=O) groups is 1. The second-order valence-electron chi connectivity index (χ2n) is 4.61. The Kier molecular flexibility index (Phi) is 5.01. The van der Waals surface area contributed by atoms with Crippen molar-refractivity contribution in [2.75, 3.05) is 0 Å². The zero-order valence-corrected chi connectivity index (χ0v) is 13.8. The van der Waals surface area contributed by atoms with Crippen molar-refractivity contribution in [2.24, 2.45) is 0 Å². The summed E-state index contributed by atoms with van der Waals surface area (Å²) in [5, 5.41) is 0.763. The third-order valence-electron chi connectivity index (χ3n) is 3.31. The number of fused-ring (bicyclic) bond motifs is 1. The first kappa shape index (κ1) is 16.7. The minimum Gasteiger partial charge on any atom is -0.276 e.